The SMILES string of the molecule is COc1ccc(CCNC(=O)CC(c2ccccc2C)c2cnc3ccccn23)cc1OC. The van der Waals surface area contributed by atoms with Crippen LogP contribution in [0.2, 0.25) is 0 Å². The number of hydrogen-bond acceptors (Lipinski definition) is 4. The van der Waals surface area contributed by atoms with Crippen molar-refractivity contribution in [2.24, 2.45) is 0 Å². The fourth-order valence-corrected chi connectivity index (χ4v) is 4.20. The van der Waals surface area contributed by atoms with E-state index in [1.54, 1.807) is 14.2 Å². The van der Waals surface area contributed by atoms with Gasteiger partial charge in [0.05, 0.1) is 19.9 Å². The fourth-order valence-electron chi connectivity index (χ4n) is 4.20. The van der Waals surface area contributed by atoms with Crippen molar-refractivity contribution >= 4 is 11.6 Å². The van der Waals surface area contributed by atoms with Crippen LogP contribution in [0.4, 0.5) is 0 Å². The minimum absolute atomic E-state index is 0.00890. The molecule has 4 rings (SSSR count). The second-order valence-electron chi connectivity index (χ2n) is 8.01. The molecule has 2 aromatic carbocycles. The van der Waals surface area contributed by atoms with E-state index >= 15 is 0 Å². The molecular weight excluding hydrogens is 414 g/mol. The monoisotopic (exact) mass is 443 g/mol. The molecule has 0 saturated heterocycles. The Bertz CT molecular complexity index is 1250. The normalized spacial score (nSPS) is 11.8. The van der Waals surface area contributed by atoms with Gasteiger partial charge in [0.15, 0.2) is 11.5 Å². The van der Waals surface area contributed by atoms with Crippen molar-refractivity contribution in [1.29, 1.82) is 0 Å². The Morgan fingerprint density at radius 3 is 2.61 bits per heavy atom. The van der Waals surface area contributed by atoms with Crippen molar-refractivity contribution in [2.45, 2.75) is 25.7 Å². The molecule has 1 amide bonds. The molecule has 0 aliphatic rings. The standard InChI is InChI=1S/C27H29N3O3/c1-19-8-4-5-9-21(19)22(23-18-29-26-10-6-7-15-30(23)26)17-27(31)28-14-13-20-11-12-24(32-2)25(16-20)33-3/h4-12,15-16,18,22H,13-14,17H2,1-3H3,(H,28,31). The van der Waals surface area contributed by atoms with Gasteiger partial charge in [-0.05, 0) is 54.3 Å². The number of nitrogens with one attached hydrogen (secondary N) is 1. The lowest BCUT2D eigenvalue weighted by Crippen LogP contribution is -2.28. The van der Waals surface area contributed by atoms with E-state index in [1.807, 2.05) is 60.9 Å². The molecule has 1 unspecified atom stereocenters. The van der Waals surface area contributed by atoms with Gasteiger partial charge in [-0.3, -0.25) is 4.79 Å². The maximum absolute atomic E-state index is 13.0. The van der Waals surface area contributed by atoms with Crippen LogP contribution in [-0.2, 0) is 11.2 Å². The number of benzene rings is 2. The zero-order valence-corrected chi connectivity index (χ0v) is 19.2. The number of fused-ring (bicyclic) bond motifs is 1. The number of methoxy groups -OCH3 is 2. The maximum atomic E-state index is 13.0. The summed E-state index contributed by atoms with van der Waals surface area (Å²) >= 11 is 0. The van der Waals surface area contributed by atoms with Crippen molar-refractivity contribution in [3.05, 3.63) is 95.4 Å². The summed E-state index contributed by atoms with van der Waals surface area (Å²) in [4.78, 5) is 17.5. The molecule has 1 atom stereocenters. The molecule has 2 aromatic heterocycles. The molecule has 0 saturated carbocycles. The largest absolute Gasteiger partial charge is 0.493 e. The number of aromatic nitrogens is 2. The molecule has 33 heavy (non-hydrogen) atoms. The van der Waals surface area contributed by atoms with Gasteiger partial charge in [-0.25, -0.2) is 4.98 Å². The zero-order valence-electron chi connectivity index (χ0n) is 19.2. The summed E-state index contributed by atoms with van der Waals surface area (Å²) in [7, 11) is 3.24. The molecule has 0 spiro atoms. The lowest BCUT2D eigenvalue weighted by molar-refractivity contribution is -0.121. The maximum Gasteiger partial charge on any atom is 0.221 e. The van der Waals surface area contributed by atoms with Crippen LogP contribution in [-0.4, -0.2) is 36.1 Å². The van der Waals surface area contributed by atoms with Crippen molar-refractivity contribution in [1.82, 2.24) is 14.7 Å². The predicted molar refractivity (Wildman–Crippen MR) is 129 cm³/mol. The number of amides is 1. The summed E-state index contributed by atoms with van der Waals surface area (Å²) in [6.07, 6.45) is 4.93. The third-order valence-electron chi connectivity index (χ3n) is 5.94. The van der Waals surface area contributed by atoms with Crippen LogP contribution in [0.1, 0.15) is 34.7 Å². The zero-order chi connectivity index (χ0) is 23.2. The molecule has 0 fully saturated rings. The smallest absolute Gasteiger partial charge is 0.221 e. The van der Waals surface area contributed by atoms with Crippen LogP contribution in [0, 0.1) is 6.92 Å². The molecule has 0 aliphatic heterocycles. The second-order valence-corrected chi connectivity index (χ2v) is 8.01. The molecular formula is C27H29N3O3. The number of pyridine rings is 1. The van der Waals surface area contributed by atoms with Crippen LogP contribution >= 0.6 is 0 Å². The third-order valence-corrected chi connectivity index (χ3v) is 5.94. The number of hydrogen-bond donors (Lipinski definition) is 1. The molecule has 4 aromatic rings. The highest BCUT2D eigenvalue weighted by Crippen LogP contribution is 2.31. The van der Waals surface area contributed by atoms with Gasteiger partial charge in [0.1, 0.15) is 5.65 Å². The van der Waals surface area contributed by atoms with Crippen LogP contribution in [0.25, 0.3) is 5.65 Å². The average Bonchev–Trinajstić information content (AvgIpc) is 3.27. The van der Waals surface area contributed by atoms with E-state index in [4.69, 9.17) is 9.47 Å². The number of imidazole rings is 1. The van der Waals surface area contributed by atoms with E-state index in [0.717, 1.165) is 28.0 Å². The van der Waals surface area contributed by atoms with Crippen LogP contribution in [0.3, 0.4) is 0 Å². The van der Waals surface area contributed by atoms with Gasteiger partial charge in [-0.15, -0.1) is 0 Å². The third kappa shape index (κ3) is 5.00. The van der Waals surface area contributed by atoms with Crippen molar-refractivity contribution in [2.75, 3.05) is 20.8 Å². The number of ether oxygens (including phenoxy) is 2. The van der Waals surface area contributed by atoms with E-state index in [9.17, 15) is 4.79 Å². The van der Waals surface area contributed by atoms with Crippen molar-refractivity contribution in [3.8, 4) is 11.5 Å². The molecule has 2 heterocycles. The lowest BCUT2D eigenvalue weighted by Gasteiger charge is -2.19. The first-order valence-electron chi connectivity index (χ1n) is 11.1. The quantitative estimate of drug-likeness (QED) is 0.412. The van der Waals surface area contributed by atoms with Gasteiger partial charge in [0.25, 0.3) is 0 Å². The molecule has 0 radical (unpaired) electrons. The number of carbonyl (C=O) groups excluding carboxylic acids is 1. The topological polar surface area (TPSA) is 64.9 Å². The predicted octanol–water partition coefficient (Wildman–Crippen LogP) is 4.54. The van der Waals surface area contributed by atoms with Gasteiger partial charge in [-0.2, -0.15) is 0 Å². The van der Waals surface area contributed by atoms with E-state index in [0.29, 0.717) is 30.9 Å². The molecule has 170 valence electrons. The highest BCUT2D eigenvalue weighted by atomic mass is 16.5. The van der Waals surface area contributed by atoms with Crippen molar-refractivity contribution in [3.63, 3.8) is 0 Å². The van der Waals surface area contributed by atoms with Crippen LogP contribution in [0.15, 0.2) is 73.1 Å². The fraction of sp³-hybridized carbons (Fsp3) is 0.259. The van der Waals surface area contributed by atoms with Gasteiger partial charge in [0, 0.05) is 31.3 Å². The Morgan fingerprint density at radius 2 is 1.82 bits per heavy atom. The highest BCUT2D eigenvalue weighted by Gasteiger charge is 2.23. The first-order chi connectivity index (χ1) is 16.1. The molecule has 6 nitrogen and oxygen atoms in total. The number of carbonyl (C=O) groups is 1. The van der Waals surface area contributed by atoms with E-state index < -0.39 is 0 Å². The highest BCUT2D eigenvalue weighted by molar-refractivity contribution is 5.77. The molecule has 0 bridgehead atoms. The van der Waals surface area contributed by atoms with Crippen LogP contribution in [0.5, 0.6) is 11.5 Å². The van der Waals surface area contributed by atoms with Gasteiger partial charge >= 0.3 is 0 Å². The Morgan fingerprint density at radius 1 is 1.03 bits per heavy atom. The lowest BCUT2D eigenvalue weighted by atomic mass is 9.89. The summed E-state index contributed by atoms with van der Waals surface area (Å²) in [5.74, 6) is 1.30. The van der Waals surface area contributed by atoms with Crippen LogP contribution < -0.4 is 14.8 Å². The molecule has 0 aliphatic carbocycles. The van der Waals surface area contributed by atoms with Gasteiger partial charge in [0.2, 0.25) is 5.91 Å². The summed E-state index contributed by atoms with van der Waals surface area (Å²) in [5.41, 5.74) is 5.25. The van der Waals surface area contributed by atoms with Gasteiger partial charge < -0.3 is 19.2 Å². The minimum atomic E-state index is -0.0929. The Hall–Kier alpha value is -3.80. The Labute approximate surface area is 194 Å². The summed E-state index contributed by atoms with van der Waals surface area (Å²) in [6, 6.07) is 20.0. The summed E-state index contributed by atoms with van der Waals surface area (Å²) < 4.78 is 12.7. The summed E-state index contributed by atoms with van der Waals surface area (Å²) in [6.45, 7) is 2.63. The van der Waals surface area contributed by atoms with E-state index in [1.165, 1.54) is 0 Å². The average molecular weight is 444 g/mol. The minimum Gasteiger partial charge on any atom is -0.493 e. The first-order valence-corrected chi connectivity index (χ1v) is 11.1. The Kier molecular flexibility index (Phi) is 6.93. The van der Waals surface area contributed by atoms with E-state index in [2.05, 4.69) is 33.8 Å². The Balaban J connectivity index is 1.49. The number of nitrogens with zero attached hydrogens (tertiary/aromatic N) is 2. The van der Waals surface area contributed by atoms with Gasteiger partial charge in [-0.1, -0.05) is 36.4 Å². The molecule has 1 N–H and O–H groups in total. The first kappa shape index (κ1) is 22.4. The van der Waals surface area contributed by atoms with E-state index in [-0.39, 0.29) is 11.8 Å². The number of rotatable bonds is 9. The second kappa shape index (κ2) is 10.2. The van der Waals surface area contributed by atoms with Crippen molar-refractivity contribution < 1.29 is 14.3 Å². The molecule has 6 heteroatoms. The number of aryl methyl sites for hydroxylation is 1. The summed E-state index contributed by atoms with van der Waals surface area (Å²) in [5, 5.41) is 3.09.